The molecule has 0 unspecified atom stereocenters. The fourth-order valence-corrected chi connectivity index (χ4v) is 2.66. The van der Waals surface area contributed by atoms with Crippen LogP contribution in [0.1, 0.15) is 5.76 Å². The number of hydrogen-bond acceptors (Lipinski definition) is 6. The quantitative estimate of drug-likeness (QED) is 0.440. The van der Waals surface area contributed by atoms with Gasteiger partial charge >= 0.3 is 6.09 Å². The third-order valence-corrected chi connectivity index (χ3v) is 3.96. The molecule has 2 heterocycles. The number of aromatic nitrogens is 3. The lowest BCUT2D eigenvalue weighted by molar-refractivity contribution is 0.125. The summed E-state index contributed by atoms with van der Waals surface area (Å²) in [5.41, 5.74) is 0.908. The Balaban J connectivity index is 2.05. The number of nitrogens with zero attached hydrogens (tertiary/aromatic N) is 4. The van der Waals surface area contributed by atoms with Crippen LogP contribution in [-0.4, -0.2) is 52.2 Å². The van der Waals surface area contributed by atoms with Crippen LogP contribution >= 0.6 is 11.8 Å². The predicted molar refractivity (Wildman–Crippen MR) is 88.4 cm³/mol. The van der Waals surface area contributed by atoms with Gasteiger partial charge in [0.2, 0.25) is 0 Å². The van der Waals surface area contributed by atoms with Crippen LogP contribution in [0.15, 0.2) is 34.6 Å². The average Bonchev–Trinajstić information content (AvgIpc) is 3.10. The van der Waals surface area contributed by atoms with E-state index < -0.39 is 0 Å². The fraction of sp³-hybridized carbons (Fsp3) is 0.400. The van der Waals surface area contributed by atoms with Crippen molar-refractivity contribution in [3.8, 4) is 11.4 Å². The van der Waals surface area contributed by atoms with Crippen LogP contribution in [0, 0.1) is 6.92 Å². The molecule has 2 aromatic rings. The van der Waals surface area contributed by atoms with Crippen LogP contribution in [0.5, 0.6) is 0 Å². The molecule has 0 spiro atoms. The van der Waals surface area contributed by atoms with Gasteiger partial charge < -0.3 is 14.1 Å². The summed E-state index contributed by atoms with van der Waals surface area (Å²) in [7, 11) is 3.30. The van der Waals surface area contributed by atoms with Crippen LogP contribution in [-0.2, 0) is 11.3 Å². The number of allylic oxidation sites excluding steroid dienone is 1. The van der Waals surface area contributed by atoms with Crippen LogP contribution in [0.2, 0.25) is 0 Å². The molecule has 0 aliphatic carbocycles. The van der Waals surface area contributed by atoms with Crippen molar-refractivity contribution in [2.75, 3.05) is 26.5 Å². The van der Waals surface area contributed by atoms with Gasteiger partial charge in [-0.2, -0.15) is 0 Å². The Morgan fingerprint density at radius 2 is 2.30 bits per heavy atom. The van der Waals surface area contributed by atoms with Gasteiger partial charge in [0.05, 0.1) is 11.8 Å². The molecule has 0 saturated heterocycles. The zero-order chi connectivity index (χ0) is 16.8. The van der Waals surface area contributed by atoms with Crippen molar-refractivity contribution in [3.05, 3.63) is 30.7 Å². The molecule has 0 aromatic carbocycles. The molecule has 0 atom stereocenters. The van der Waals surface area contributed by atoms with E-state index in [2.05, 4.69) is 16.8 Å². The van der Waals surface area contributed by atoms with E-state index in [0.717, 1.165) is 22.3 Å². The van der Waals surface area contributed by atoms with E-state index in [1.165, 1.54) is 16.7 Å². The maximum absolute atomic E-state index is 11.4. The van der Waals surface area contributed by atoms with Crippen LogP contribution in [0.25, 0.3) is 11.4 Å². The van der Waals surface area contributed by atoms with Gasteiger partial charge in [-0.15, -0.1) is 16.8 Å². The van der Waals surface area contributed by atoms with Crippen LogP contribution < -0.4 is 0 Å². The summed E-state index contributed by atoms with van der Waals surface area (Å²) in [5.74, 6) is 2.13. The number of rotatable bonds is 7. The molecule has 0 saturated carbocycles. The van der Waals surface area contributed by atoms with E-state index in [9.17, 15) is 4.79 Å². The first kappa shape index (κ1) is 17.1. The minimum atomic E-state index is -0.354. The molecule has 23 heavy (non-hydrogen) atoms. The van der Waals surface area contributed by atoms with Crippen LogP contribution in [0.4, 0.5) is 4.79 Å². The molecular formula is C15H20N4O3S. The van der Waals surface area contributed by atoms with E-state index in [1.54, 1.807) is 26.4 Å². The average molecular weight is 336 g/mol. The molecule has 2 rings (SSSR count). The second-order valence-corrected chi connectivity index (χ2v) is 6.02. The highest BCUT2D eigenvalue weighted by atomic mass is 32.2. The number of carbonyl (C=O) groups is 1. The number of hydrogen-bond donors (Lipinski definition) is 0. The zero-order valence-electron chi connectivity index (χ0n) is 13.5. The topological polar surface area (TPSA) is 73.4 Å². The standard InChI is InChI=1S/C15H20N4O3S/c1-5-7-19-13(12-6-8-21-11(12)2)16-17-14(19)23-10-9-22-15(20)18(3)4/h5-6,8H,1,7,9-10H2,2-4H3. The Bertz CT molecular complexity index is 678. The first-order valence-electron chi connectivity index (χ1n) is 7.10. The first-order valence-corrected chi connectivity index (χ1v) is 8.08. The van der Waals surface area contributed by atoms with Gasteiger partial charge in [0.15, 0.2) is 11.0 Å². The molecule has 0 fully saturated rings. The third kappa shape index (κ3) is 4.16. The Morgan fingerprint density at radius 3 is 2.91 bits per heavy atom. The monoisotopic (exact) mass is 336 g/mol. The number of ether oxygens (including phenoxy) is 1. The lowest BCUT2D eigenvalue weighted by Gasteiger charge is -2.11. The molecule has 2 aromatic heterocycles. The van der Waals surface area contributed by atoms with E-state index >= 15 is 0 Å². The summed E-state index contributed by atoms with van der Waals surface area (Å²) >= 11 is 1.48. The van der Waals surface area contributed by atoms with Gasteiger partial charge in [-0.3, -0.25) is 4.57 Å². The number of aryl methyl sites for hydroxylation is 1. The molecule has 124 valence electrons. The Hall–Kier alpha value is -2.22. The summed E-state index contributed by atoms with van der Waals surface area (Å²) in [6.45, 7) is 6.56. The number of furan rings is 1. The van der Waals surface area contributed by atoms with E-state index in [4.69, 9.17) is 9.15 Å². The predicted octanol–water partition coefficient (Wildman–Crippen LogP) is 2.82. The van der Waals surface area contributed by atoms with Crippen molar-refractivity contribution in [2.24, 2.45) is 0 Å². The number of thioether (sulfide) groups is 1. The highest BCUT2D eigenvalue weighted by Crippen LogP contribution is 2.26. The lowest BCUT2D eigenvalue weighted by atomic mass is 10.2. The maximum Gasteiger partial charge on any atom is 0.409 e. The molecule has 7 nitrogen and oxygen atoms in total. The summed E-state index contributed by atoms with van der Waals surface area (Å²) < 4.78 is 12.4. The summed E-state index contributed by atoms with van der Waals surface area (Å²) in [5, 5.41) is 9.22. The minimum absolute atomic E-state index is 0.308. The van der Waals surface area contributed by atoms with Crippen molar-refractivity contribution in [3.63, 3.8) is 0 Å². The van der Waals surface area contributed by atoms with Gasteiger partial charge in [0, 0.05) is 26.4 Å². The molecular weight excluding hydrogens is 316 g/mol. The minimum Gasteiger partial charge on any atom is -0.469 e. The second-order valence-electron chi connectivity index (χ2n) is 4.95. The third-order valence-electron chi connectivity index (χ3n) is 3.03. The Kier molecular flexibility index (Phi) is 5.86. The van der Waals surface area contributed by atoms with Crippen molar-refractivity contribution < 1.29 is 13.9 Å². The highest BCUT2D eigenvalue weighted by molar-refractivity contribution is 7.99. The molecule has 1 amide bonds. The molecule has 0 N–H and O–H groups in total. The number of amides is 1. The summed E-state index contributed by atoms with van der Waals surface area (Å²) in [6, 6.07) is 1.87. The van der Waals surface area contributed by atoms with E-state index in [-0.39, 0.29) is 6.09 Å². The smallest absolute Gasteiger partial charge is 0.409 e. The molecule has 0 radical (unpaired) electrons. The first-order chi connectivity index (χ1) is 11.0. The Morgan fingerprint density at radius 1 is 1.52 bits per heavy atom. The Labute approximate surface area is 139 Å². The molecule has 0 aliphatic rings. The SMILES string of the molecule is C=CCn1c(SCCOC(=O)N(C)C)nnc1-c1ccoc1C. The molecule has 0 aliphatic heterocycles. The van der Waals surface area contributed by atoms with Crippen LogP contribution in [0.3, 0.4) is 0 Å². The van der Waals surface area contributed by atoms with E-state index in [0.29, 0.717) is 18.9 Å². The molecule has 0 bridgehead atoms. The summed E-state index contributed by atoms with van der Waals surface area (Å²) in [4.78, 5) is 12.8. The number of carbonyl (C=O) groups excluding carboxylic acids is 1. The van der Waals surface area contributed by atoms with Crippen molar-refractivity contribution in [1.82, 2.24) is 19.7 Å². The van der Waals surface area contributed by atoms with Gasteiger partial charge in [-0.1, -0.05) is 17.8 Å². The van der Waals surface area contributed by atoms with Crippen molar-refractivity contribution in [2.45, 2.75) is 18.6 Å². The summed E-state index contributed by atoms with van der Waals surface area (Å²) in [6.07, 6.45) is 3.07. The zero-order valence-corrected chi connectivity index (χ0v) is 14.3. The normalized spacial score (nSPS) is 10.6. The largest absolute Gasteiger partial charge is 0.469 e. The fourth-order valence-electron chi connectivity index (χ4n) is 1.90. The second kappa shape index (κ2) is 7.87. The lowest BCUT2D eigenvalue weighted by Crippen LogP contribution is -2.23. The van der Waals surface area contributed by atoms with Gasteiger partial charge in [-0.05, 0) is 13.0 Å². The van der Waals surface area contributed by atoms with Gasteiger partial charge in [0.1, 0.15) is 12.4 Å². The molecule has 8 heteroatoms. The highest BCUT2D eigenvalue weighted by Gasteiger charge is 2.16. The van der Waals surface area contributed by atoms with Gasteiger partial charge in [0.25, 0.3) is 0 Å². The van der Waals surface area contributed by atoms with Crippen molar-refractivity contribution >= 4 is 17.9 Å². The van der Waals surface area contributed by atoms with Gasteiger partial charge in [-0.25, -0.2) is 4.79 Å². The van der Waals surface area contributed by atoms with E-state index in [1.807, 2.05) is 17.6 Å². The van der Waals surface area contributed by atoms with Crippen molar-refractivity contribution in [1.29, 1.82) is 0 Å². The maximum atomic E-state index is 11.4.